The molecule has 0 saturated carbocycles. The largest absolute Gasteiger partial charge is 0.496 e. The molecule has 1 saturated heterocycles. The molecule has 2 aliphatic rings. The second kappa shape index (κ2) is 12.1. The normalized spacial score (nSPS) is 20.5. The van der Waals surface area contributed by atoms with E-state index in [9.17, 15) is 9.59 Å². The molecule has 0 radical (unpaired) electrons. The van der Waals surface area contributed by atoms with Crippen LogP contribution in [0.4, 0.5) is 4.79 Å². The lowest BCUT2D eigenvalue weighted by Crippen LogP contribution is -2.49. The van der Waals surface area contributed by atoms with Crippen molar-refractivity contribution in [1.29, 1.82) is 0 Å². The number of carbonyl (C=O) groups excluding carboxylic acids is 2. The Bertz CT molecular complexity index is 1100. The van der Waals surface area contributed by atoms with E-state index in [0.29, 0.717) is 30.2 Å². The van der Waals surface area contributed by atoms with Crippen LogP contribution in [0.2, 0.25) is 0 Å². The second-order valence-corrected chi connectivity index (χ2v) is 9.04. The number of nitrogens with zero attached hydrogens (tertiary/aromatic N) is 1. The summed E-state index contributed by atoms with van der Waals surface area (Å²) in [5.74, 6) is 0.240. The molecule has 0 aliphatic carbocycles. The molecule has 36 heavy (non-hydrogen) atoms. The fourth-order valence-corrected chi connectivity index (χ4v) is 5.12. The van der Waals surface area contributed by atoms with Crippen LogP contribution >= 0.6 is 0 Å². The maximum Gasteiger partial charge on any atom is 0.338 e. The average Bonchev–Trinajstić information content (AvgIpc) is 2.89. The number of piperidine rings is 1. The highest BCUT2D eigenvalue weighted by molar-refractivity contribution is 5.95. The molecule has 2 amide bonds. The molecule has 2 aliphatic heterocycles. The Hall–Kier alpha value is -3.36. The number of rotatable bonds is 9. The van der Waals surface area contributed by atoms with E-state index in [2.05, 4.69) is 39.8 Å². The summed E-state index contributed by atoms with van der Waals surface area (Å²) in [5.41, 5.74) is 3.83. The van der Waals surface area contributed by atoms with Crippen LogP contribution in [0.3, 0.4) is 0 Å². The quantitative estimate of drug-likeness (QED) is 0.508. The maximum atomic E-state index is 13.3. The van der Waals surface area contributed by atoms with Crippen molar-refractivity contribution < 1.29 is 23.8 Å². The third-order valence-corrected chi connectivity index (χ3v) is 6.75. The SMILES string of the molecule is CCOC(=O)C1=C(CN2CCCC[C@@H]2c2ccccc2)NC(=O)N[C@H]1c1ccc(OC)c(COC)c1. The number of esters is 1. The number of methoxy groups -OCH3 is 2. The summed E-state index contributed by atoms with van der Waals surface area (Å²) in [7, 11) is 3.21. The number of benzene rings is 2. The van der Waals surface area contributed by atoms with Crippen molar-refractivity contribution in [3.8, 4) is 5.75 Å². The molecular formula is C28H35N3O5. The summed E-state index contributed by atoms with van der Waals surface area (Å²) < 4.78 is 16.3. The molecule has 2 N–H and O–H groups in total. The Kier molecular flexibility index (Phi) is 8.61. The smallest absolute Gasteiger partial charge is 0.338 e. The van der Waals surface area contributed by atoms with E-state index in [4.69, 9.17) is 14.2 Å². The van der Waals surface area contributed by atoms with Crippen molar-refractivity contribution in [3.63, 3.8) is 0 Å². The number of carbonyl (C=O) groups is 2. The number of ether oxygens (including phenoxy) is 3. The molecule has 8 nitrogen and oxygen atoms in total. The Labute approximate surface area is 212 Å². The standard InChI is InChI=1S/C28H35N3O5/c1-4-36-27(32)25-22(17-31-15-9-8-12-23(31)19-10-6-5-7-11-19)29-28(33)30-26(25)20-13-14-24(35-3)21(16-20)18-34-2/h5-7,10-11,13-14,16,23,26H,4,8-9,12,15,17-18H2,1-3H3,(H2,29,30,33)/t23-,26+/m1/s1. The van der Waals surface area contributed by atoms with Gasteiger partial charge >= 0.3 is 12.0 Å². The molecular weight excluding hydrogens is 458 g/mol. The predicted octanol–water partition coefficient (Wildman–Crippen LogP) is 4.24. The number of hydrogen-bond donors (Lipinski definition) is 2. The van der Waals surface area contributed by atoms with Gasteiger partial charge in [0.05, 0.1) is 31.9 Å². The molecule has 0 aromatic heterocycles. The topological polar surface area (TPSA) is 89.1 Å². The van der Waals surface area contributed by atoms with E-state index in [1.165, 1.54) is 5.56 Å². The lowest BCUT2D eigenvalue weighted by Gasteiger charge is -2.38. The first-order valence-electron chi connectivity index (χ1n) is 12.5. The third kappa shape index (κ3) is 5.71. The van der Waals surface area contributed by atoms with Crippen molar-refractivity contribution in [2.24, 2.45) is 0 Å². The van der Waals surface area contributed by atoms with E-state index in [1.807, 2.05) is 24.3 Å². The summed E-state index contributed by atoms with van der Waals surface area (Å²) in [5, 5.41) is 5.85. The molecule has 0 spiro atoms. The van der Waals surface area contributed by atoms with Crippen LogP contribution < -0.4 is 15.4 Å². The lowest BCUT2D eigenvalue weighted by molar-refractivity contribution is -0.139. The summed E-state index contributed by atoms with van der Waals surface area (Å²) in [6.07, 6.45) is 3.24. The molecule has 0 bridgehead atoms. The molecule has 8 heteroatoms. The summed E-state index contributed by atoms with van der Waals surface area (Å²) in [4.78, 5) is 28.5. The zero-order chi connectivity index (χ0) is 25.5. The van der Waals surface area contributed by atoms with Crippen molar-refractivity contribution in [1.82, 2.24) is 15.5 Å². The van der Waals surface area contributed by atoms with Gasteiger partial charge < -0.3 is 24.8 Å². The summed E-state index contributed by atoms with van der Waals surface area (Å²) in [6.45, 7) is 3.69. The fourth-order valence-electron chi connectivity index (χ4n) is 5.12. The van der Waals surface area contributed by atoms with Crippen LogP contribution in [0.25, 0.3) is 0 Å². The number of likely N-dealkylation sites (tertiary alicyclic amines) is 1. The van der Waals surface area contributed by atoms with Crippen molar-refractivity contribution in [3.05, 3.63) is 76.5 Å². The van der Waals surface area contributed by atoms with E-state index in [-0.39, 0.29) is 18.7 Å². The van der Waals surface area contributed by atoms with Crippen LogP contribution in [0.5, 0.6) is 5.75 Å². The fraction of sp³-hybridized carbons (Fsp3) is 0.429. The minimum Gasteiger partial charge on any atom is -0.496 e. The predicted molar refractivity (Wildman–Crippen MR) is 136 cm³/mol. The molecule has 0 unspecified atom stereocenters. The van der Waals surface area contributed by atoms with Gasteiger partial charge in [0, 0.05) is 31.0 Å². The number of amides is 2. The molecule has 2 aromatic rings. The van der Waals surface area contributed by atoms with Gasteiger partial charge in [-0.05, 0) is 49.6 Å². The van der Waals surface area contributed by atoms with Gasteiger partial charge in [0.25, 0.3) is 0 Å². The molecule has 4 rings (SSSR count). The minimum atomic E-state index is -0.658. The van der Waals surface area contributed by atoms with Crippen LogP contribution in [0, 0.1) is 0 Å². The van der Waals surface area contributed by atoms with Crippen molar-refractivity contribution in [2.45, 2.75) is 44.9 Å². The zero-order valence-corrected chi connectivity index (χ0v) is 21.2. The highest BCUT2D eigenvalue weighted by atomic mass is 16.5. The van der Waals surface area contributed by atoms with E-state index in [0.717, 1.165) is 36.9 Å². The van der Waals surface area contributed by atoms with Gasteiger partial charge in [-0.2, -0.15) is 0 Å². The van der Waals surface area contributed by atoms with E-state index >= 15 is 0 Å². The van der Waals surface area contributed by atoms with Crippen molar-refractivity contribution >= 4 is 12.0 Å². The number of hydrogen-bond acceptors (Lipinski definition) is 6. The Morgan fingerprint density at radius 3 is 2.61 bits per heavy atom. The first kappa shape index (κ1) is 25.7. The second-order valence-electron chi connectivity index (χ2n) is 9.04. The Morgan fingerprint density at radius 1 is 1.08 bits per heavy atom. The summed E-state index contributed by atoms with van der Waals surface area (Å²) in [6, 6.07) is 15.2. The number of urea groups is 1. The molecule has 2 aromatic carbocycles. The van der Waals surface area contributed by atoms with Crippen molar-refractivity contribution in [2.75, 3.05) is 33.9 Å². The highest BCUT2D eigenvalue weighted by Gasteiger charge is 2.36. The lowest BCUT2D eigenvalue weighted by atomic mass is 9.92. The van der Waals surface area contributed by atoms with Crippen LogP contribution in [0.15, 0.2) is 59.8 Å². The van der Waals surface area contributed by atoms with Gasteiger partial charge in [-0.15, -0.1) is 0 Å². The third-order valence-electron chi connectivity index (χ3n) is 6.75. The monoisotopic (exact) mass is 493 g/mol. The van der Waals surface area contributed by atoms with Crippen LogP contribution in [-0.2, 0) is 20.9 Å². The minimum absolute atomic E-state index is 0.218. The first-order valence-corrected chi connectivity index (χ1v) is 12.5. The Morgan fingerprint density at radius 2 is 1.89 bits per heavy atom. The molecule has 1 fully saturated rings. The van der Waals surface area contributed by atoms with Gasteiger partial charge in [-0.1, -0.05) is 42.8 Å². The zero-order valence-electron chi connectivity index (χ0n) is 21.2. The van der Waals surface area contributed by atoms with Crippen LogP contribution in [0.1, 0.15) is 55.0 Å². The van der Waals surface area contributed by atoms with Gasteiger partial charge in [-0.3, -0.25) is 4.90 Å². The van der Waals surface area contributed by atoms with Gasteiger partial charge in [0.15, 0.2) is 0 Å². The average molecular weight is 494 g/mol. The summed E-state index contributed by atoms with van der Waals surface area (Å²) >= 11 is 0. The molecule has 2 heterocycles. The number of nitrogens with one attached hydrogen (secondary N) is 2. The van der Waals surface area contributed by atoms with E-state index < -0.39 is 12.0 Å². The maximum absolute atomic E-state index is 13.3. The van der Waals surface area contributed by atoms with Gasteiger partial charge in [-0.25, -0.2) is 9.59 Å². The molecule has 192 valence electrons. The van der Waals surface area contributed by atoms with E-state index in [1.54, 1.807) is 21.1 Å². The van der Waals surface area contributed by atoms with Crippen LogP contribution in [-0.4, -0.2) is 50.8 Å². The van der Waals surface area contributed by atoms with Gasteiger partial charge in [0.1, 0.15) is 5.75 Å². The highest BCUT2D eigenvalue weighted by Crippen LogP contribution is 2.35. The van der Waals surface area contributed by atoms with Gasteiger partial charge in [0.2, 0.25) is 0 Å². The Balaban J connectivity index is 1.74. The first-order chi connectivity index (χ1) is 17.5. The molecule has 2 atom stereocenters.